The lowest BCUT2D eigenvalue weighted by Crippen LogP contribution is -2.37. The fourth-order valence-electron chi connectivity index (χ4n) is 3.61. The number of carbonyl (C=O) groups excluding carboxylic acids is 1. The van der Waals surface area contributed by atoms with Crippen LogP contribution >= 0.6 is 11.5 Å². The molecule has 0 atom stereocenters. The predicted octanol–water partition coefficient (Wildman–Crippen LogP) is 5.05. The maximum absolute atomic E-state index is 13.1. The maximum Gasteiger partial charge on any atom is 0.298 e. The SMILES string of the molecule is CN(C)CCN(Cc1ccccc1)C(=O)Cc1ccc(Oc2nc(Cc3ccccc3)ns2)cc1. The molecule has 0 fully saturated rings. The van der Waals surface area contributed by atoms with Gasteiger partial charge < -0.3 is 14.5 Å². The monoisotopic (exact) mass is 486 g/mol. The Morgan fingerprint density at radius 2 is 1.49 bits per heavy atom. The molecule has 0 unspecified atom stereocenters. The zero-order chi connectivity index (χ0) is 24.5. The normalized spacial score (nSPS) is 10.9. The molecule has 4 aromatic rings. The molecule has 1 aromatic heterocycles. The van der Waals surface area contributed by atoms with Crippen LogP contribution in [0.4, 0.5) is 0 Å². The van der Waals surface area contributed by atoms with Crippen molar-refractivity contribution in [3.63, 3.8) is 0 Å². The largest absolute Gasteiger partial charge is 0.430 e. The van der Waals surface area contributed by atoms with Crippen LogP contribution in [-0.2, 0) is 24.2 Å². The lowest BCUT2D eigenvalue weighted by molar-refractivity contribution is -0.131. The van der Waals surface area contributed by atoms with Crippen LogP contribution in [0.25, 0.3) is 0 Å². The molecular weight excluding hydrogens is 456 g/mol. The third-order valence-corrected chi connectivity index (χ3v) is 6.16. The number of carbonyl (C=O) groups is 1. The fraction of sp³-hybridized carbons (Fsp3) is 0.250. The van der Waals surface area contributed by atoms with Crippen molar-refractivity contribution in [2.75, 3.05) is 27.2 Å². The molecule has 0 spiro atoms. The summed E-state index contributed by atoms with van der Waals surface area (Å²) in [6, 6.07) is 27.9. The summed E-state index contributed by atoms with van der Waals surface area (Å²) in [7, 11) is 4.04. The summed E-state index contributed by atoms with van der Waals surface area (Å²) >= 11 is 1.24. The van der Waals surface area contributed by atoms with E-state index >= 15 is 0 Å². The van der Waals surface area contributed by atoms with Gasteiger partial charge in [-0.1, -0.05) is 72.8 Å². The highest BCUT2D eigenvalue weighted by Crippen LogP contribution is 2.24. The summed E-state index contributed by atoms with van der Waals surface area (Å²) in [5.74, 6) is 1.53. The number of benzene rings is 3. The van der Waals surface area contributed by atoms with E-state index in [0.29, 0.717) is 36.9 Å². The molecule has 0 saturated heterocycles. The number of hydrogen-bond donors (Lipinski definition) is 0. The van der Waals surface area contributed by atoms with Crippen LogP contribution < -0.4 is 4.74 Å². The quantitative estimate of drug-likeness (QED) is 0.297. The average molecular weight is 487 g/mol. The van der Waals surface area contributed by atoms with Crippen LogP contribution in [0.1, 0.15) is 22.5 Å². The van der Waals surface area contributed by atoms with Gasteiger partial charge in [-0.05, 0) is 42.9 Å². The molecule has 0 aliphatic rings. The smallest absolute Gasteiger partial charge is 0.298 e. The van der Waals surface area contributed by atoms with Gasteiger partial charge in [0.2, 0.25) is 5.91 Å². The first-order valence-corrected chi connectivity index (χ1v) is 12.4. The molecule has 6 nitrogen and oxygen atoms in total. The van der Waals surface area contributed by atoms with Gasteiger partial charge in [0.25, 0.3) is 5.19 Å². The summed E-state index contributed by atoms with van der Waals surface area (Å²) < 4.78 is 10.3. The first kappa shape index (κ1) is 24.6. The number of hydrogen-bond acceptors (Lipinski definition) is 6. The third-order valence-electron chi connectivity index (χ3n) is 5.52. The molecule has 7 heteroatoms. The van der Waals surface area contributed by atoms with Crippen LogP contribution in [0.3, 0.4) is 0 Å². The number of aromatic nitrogens is 2. The molecule has 4 rings (SSSR count). The average Bonchev–Trinajstić information content (AvgIpc) is 3.30. The zero-order valence-corrected chi connectivity index (χ0v) is 20.9. The maximum atomic E-state index is 13.1. The lowest BCUT2D eigenvalue weighted by Gasteiger charge is -2.25. The molecule has 0 aliphatic carbocycles. The van der Waals surface area contributed by atoms with E-state index in [1.165, 1.54) is 11.5 Å². The number of rotatable bonds is 11. The van der Waals surface area contributed by atoms with Crippen molar-refractivity contribution >= 4 is 17.4 Å². The molecule has 0 aliphatic heterocycles. The Hall–Kier alpha value is -3.55. The first-order valence-electron chi connectivity index (χ1n) is 11.6. The second kappa shape index (κ2) is 12.2. The first-order chi connectivity index (χ1) is 17.0. The van der Waals surface area contributed by atoms with E-state index in [-0.39, 0.29) is 5.91 Å². The number of likely N-dealkylation sites (N-methyl/N-ethyl adjacent to an activating group) is 1. The Morgan fingerprint density at radius 3 is 2.14 bits per heavy atom. The minimum absolute atomic E-state index is 0.110. The van der Waals surface area contributed by atoms with Crippen LogP contribution in [-0.4, -0.2) is 52.2 Å². The Labute approximate surface area is 211 Å². The second-order valence-corrected chi connectivity index (χ2v) is 9.38. The molecule has 3 aromatic carbocycles. The van der Waals surface area contributed by atoms with E-state index in [1.807, 2.05) is 79.7 Å². The van der Waals surface area contributed by atoms with E-state index in [0.717, 1.165) is 29.1 Å². The summed E-state index contributed by atoms with van der Waals surface area (Å²) in [4.78, 5) is 21.6. The van der Waals surface area contributed by atoms with Gasteiger partial charge in [-0.2, -0.15) is 9.36 Å². The van der Waals surface area contributed by atoms with Crippen LogP contribution in [0, 0.1) is 0 Å². The molecule has 180 valence electrons. The Kier molecular flexibility index (Phi) is 8.59. The predicted molar refractivity (Wildman–Crippen MR) is 140 cm³/mol. The van der Waals surface area contributed by atoms with Crippen LogP contribution in [0.15, 0.2) is 84.9 Å². The van der Waals surface area contributed by atoms with Gasteiger partial charge in [0.15, 0.2) is 5.82 Å². The van der Waals surface area contributed by atoms with Crippen LogP contribution in [0.5, 0.6) is 10.9 Å². The summed E-state index contributed by atoms with van der Waals surface area (Å²) in [5.41, 5.74) is 3.25. The van der Waals surface area contributed by atoms with Crippen LogP contribution in [0.2, 0.25) is 0 Å². The zero-order valence-electron chi connectivity index (χ0n) is 20.1. The van der Waals surface area contributed by atoms with Crippen molar-refractivity contribution in [1.29, 1.82) is 0 Å². The van der Waals surface area contributed by atoms with Gasteiger partial charge in [-0.25, -0.2) is 0 Å². The topological polar surface area (TPSA) is 58.6 Å². The van der Waals surface area contributed by atoms with E-state index < -0.39 is 0 Å². The van der Waals surface area contributed by atoms with Crippen molar-refractivity contribution in [1.82, 2.24) is 19.2 Å². The van der Waals surface area contributed by atoms with Crippen molar-refractivity contribution < 1.29 is 9.53 Å². The van der Waals surface area contributed by atoms with E-state index in [4.69, 9.17) is 4.74 Å². The molecule has 0 N–H and O–H groups in total. The Morgan fingerprint density at radius 1 is 0.829 bits per heavy atom. The van der Waals surface area contributed by atoms with E-state index in [9.17, 15) is 4.79 Å². The molecule has 0 saturated carbocycles. The highest BCUT2D eigenvalue weighted by atomic mass is 32.1. The number of ether oxygens (including phenoxy) is 1. The lowest BCUT2D eigenvalue weighted by atomic mass is 10.1. The Balaban J connectivity index is 1.34. The minimum atomic E-state index is 0.110. The number of amides is 1. The summed E-state index contributed by atoms with van der Waals surface area (Å²) in [5, 5.41) is 0.512. The molecule has 1 amide bonds. The number of nitrogens with zero attached hydrogens (tertiary/aromatic N) is 4. The molecule has 0 bridgehead atoms. The summed E-state index contributed by atoms with van der Waals surface area (Å²) in [6.07, 6.45) is 1.02. The van der Waals surface area contributed by atoms with Gasteiger partial charge in [-0.3, -0.25) is 4.79 Å². The van der Waals surface area contributed by atoms with Gasteiger partial charge in [0, 0.05) is 37.6 Å². The third kappa shape index (κ3) is 7.73. The van der Waals surface area contributed by atoms with E-state index in [2.05, 4.69) is 38.5 Å². The van der Waals surface area contributed by atoms with Crippen molar-refractivity contribution in [2.45, 2.75) is 19.4 Å². The van der Waals surface area contributed by atoms with Crippen molar-refractivity contribution in [3.8, 4) is 10.9 Å². The van der Waals surface area contributed by atoms with Crippen molar-refractivity contribution in [2.24, 2.45) is 0 Å². The molecule has 35 heavy (non-hydrogen) atoms. The molecule has 1 heterocycles. The standard InChI is InChI=1S/C28H30N4O2S/c1-31(2)17-18-32(21-24-11-7-4-8-12-24)27(33)20-23-13-15-25(16-14-23)34-28-29-26(30-35-28)19-22-9-5-3-6-10-22/h3-16H,17-21H2,1-2H3. The van der Waals surface area contributed by atoms with Gasteiger partial charge in [-0.15, -0.1) is 0 Å². The van der Waals surface area contributed by atoms with Gasteiger partial charge >= 0.3 is 0 Å². The second-order valence-electron chi connectivity index (χ2n) is 8.67. The summed E-state index contributed by atoms with van der Waals surface area (Å²) in [6.45, 7) is 2.11. The van der Waals surface area contributed by atoms with E-state index in [1.54, 1.807) is 0 Å². The molecular formula is C28H30N4O2S. The fourth-order valence-corrected chi connectivity index (χ4v) is 4.18. The van der Waals surface area contributed by atoms with Gasteiger partial charge in [0.1, 0.15) is 5.75 Å². The Bertz CT molecular complexity index is 1190. The highest BCUT2D eigenvalue weighted by molar-refractivity contribution is 7.07. The van der Waals surface area contributed by atoms with Gasteiger partial charge in [0.05, 0.1) is 6.42 Å². The van der Waals surface area contributed by atoms with Crippen molar-refractivity contribution in [3.05, 3.63) is 107 Å². The minimum Gasteiger partial charge on any atom is -0.430 e. The highest BCUT2D eigenvalue weighted by Gasteiger charge is 2.15. The molecule has 0 radical (unpaired) electrons.